The first kappa shape index (κ1) is 12.6. The average Bonchev–Trinajstić information content (AvgIpc) is 2.66. The molecule has 0 aromatic rings. The molecule has 2 unspecified atom stereocenters. The van der Waals surface area contributed by atoms with E-state index in [1.54, 1.807) is 0 Å². The largest absolute Gasteiger partial charge is 0.481 e. The predicted molar refractivity (Wildman–Crippen MR) is 68.4 cm³/mol. The van der Waals surface area contributed by atoms with Crippen LogP contribution in [0.5, 0.6) is 0 Å². The van der Waals surface area contributed by atoms with Gasteiger partial charge in [-0.15, -0.1) is 0 Å². The summed E-state index contributed by atoms with van der Waals surface area (Å²) in [5.74, 6) is 2.39. The lowest BCUT2D eigenvalue weighted by Crippen LogP contribution is -2.41. The van der Waals surface area contributed by atoms with E-state index in [0.717, 1.165) is 31.0 Å². The van der Waals surface area contributed by atoms with Gasteiger partial charge in [-0.05, 0) is 25.0 Å². The lowest BCUT2D eigenvalue weighted by Gasteiger charge is -2.37. The topological polar surface area (TPSA) is 46.5 Å². The second-order valence-corrected chi connectivity index (χ2v) is 6.98. The summed E-state index contributed by atoms with van der Waals surface area (Å²) >= 11 is 3.80. The van der Waals surface area contributed by atoms with Gasteiger partial charge in [0.1, 0.15) is 0 Å². The van der Waals surface area contributed by atoms with E-state index in [1.807, 2.05) is 23.5 Å². The van der Waals surface area contributed by atoms with Gasteiger partial charge in [0.05, 0.1) is 12.0 Å². The molecule has 0 amide bonds. The number of thioether (sulfide) groups is 2. The summed E-state index contributed by atoms with van der Waals surface area (Å²) in [7, 11) is 0. The highest BCUT2D eigenvalue weighted by atomic mass is 32.2. The summed E-state index contributed by atoms with van der Waals surface area (Å²) in [5.41, 5.74) is 0.129. The first-order valence-electron chi connectivity index (χ1n) is 5.75. The smallest absolute Gasteiger partial charge is 0.304 e. The third-order valence-corrected chi connectivity index (χ3v) is 5.72. The van der Waals surface area contributed by atoms with Crippen LogP contribution in [0.1, 0.15) is 25.7 Å². The van der Waals surface area contributed by atoms with Crippen LogP contribution in [0.15, 0.2) is 0 Å². The SMILES string of the molecule is O=C(O)CCSC1CCOC2(CCSC2)C1. The predicted octanol–water partition coefficient (Wildman–Crippen LogP) is 2.25. The van der Waals surface area contributed by atoms with Gasteiger partial charge in [0.25, 0.3) is 0 Å². The number of hydrogen-bond donors (Lipinski definition) is 1. The zero-order valence-electron chi connectivity index (χ0n) is 9.31. The first-order chi connectivity index (χ1) is 7.70. The van der Waals surface area contributed by atoms with Crippen molar-refractivity contribution < 1.29 is 14.6 Å². The minimum Gasteiger partial charge on any atom is -0.481 e. The van der Waals surface area contributed by atoms with Crippen LogP contribution in [0.3, 0.4) is 0 Å². The maximum absolute atomic E-state index is 10.4. The van der Waals surface area contributed by atoms with E-state index in [2.05, 4.69) is 0 Å². The fraction of sp³-hybridized carbons (Fsp3) is 0.909. The van der Waals surface area contributed by atoms with Crippen LogP contribution in [-0.2, 0) is 9.53 Å². The van der Waals surface area contributed by atoms with Crippen molar-refractivity contribution in [1.82, 2.24) is 0 Å². The number of ether oxygens (including phenoxy) is 1. The third kappa shape index (κ3) is 3.31. The van der Waals surface area contributed by atoms with Gasteiger partial charge >= 0.3 is 5.97 Å². The number of rotatable bonds is 4. The van der Waals surface area contributed by atoms with Crippen LogP contribution in [0.25, 0.3) is 0 Å². The lowest BCUT2D eigenvalue weighted by atomic mass is 9.93. The molecule has 3 nitrogen and oxygen atoms in total. The summed E-state index contributed by atoms with van der Waals surface area (Å²) in [6, 6.07) is 0. The fourth-order valence-electron chi connectivity index (χ4n) is 2.30. The van der Waals surface area contributed by atoms with Crippen molar-refractivity contribution in [3.8, 4) is 0 Å². The van der Waals surface area contributed by atoms with Crippen molar-refractivity contribution in [3.63, 3.8) is 0 Å². The molecule has 1 N–H and O–H groups in total. The van der Waals surface area contributed by atoms with Crippen LogP contribution >= 0.6 is 23.5 Å². The minimum absolute atomic E-state index is 0.129. The lowest BCUT2D eigenvalue weighted by molar-refractivity contribution is -0.136. The van der Waals surface area contributed by atoms with Crippen LogP contribution in [0, 0.1) is 0 Å². The van der Waals surface area contributed by atoms with Crippen LogP contribution in [0.2, 0.25) is 0 Å². The molecule has 0 aromatic heterocycles. The number of aliphatic carboxylic acids is 1. The Kier molecular flexibility index (Phi) is 4.44. The number of hydrogen-bond acceptors (Lipinski definition) is 4. The summed E-state index contributed by atoms with van der Waals surface area (Å²) in [6.07, 6.45) is 3.65. The maximum atomic E-state index is 10.4. The molecule has 2 saturated heterocycles. The summed E-state index contributed by atoms with van der Waals surface area (Å²) in [4.78, 5) is 10.4. The molecule has 92 valence electrons. The molecular weight excluding hydrogens is 244 g/mol. The summed E-state index contributed by atoms with van der Waals surface area (Å²) in [6.45, 7) is 0.852. The molecule has 0 saturated carbocycles. The Balaban J connectivity index is 1.76. The minimum atomic E-state index is -0.689. The van der Waals surface area contributed by atoms with Gasteiger partial charge in [-0.2, -0.15) is 23.5 Å². The molecule has 0 aromatic carbocycles. The molecule has 0 aliphatic carbocycles. The van der Waals surface area contributed by atoms with Crippen LogP contribution < -0.4 is 0 Å². The number of carboxylic acids is 1. The van der Waals surface area contributed by atoms with Gasteiger partial charge in [0.2, 0.25) is 0 Å². The molecule has 2 heterocycles. The van der Waals surface area contributed by atoms with Crippen LogP contribution in [-0.4, -0.2) is 45.8 Å². The van der Waals surface area contributed by atoms with Gasteiger partial charge in [-0.3, -0.25) is 4.79 Å². The average molecular weight is 262 g/mol. The molecule has 2 rings (SSSR count). The molecule has 2 aliphatic heterocycles. The first-order valence-corrected chi connectivity index (χ1v) is 7.96. The Bertz CT molecular complexity index is 252. The Morgan fingerprint density at radius 2 is 2.50 bits per heavy atom. The normalized spacial score (nSPS) is 34.4. The standard InChI is InChI=1S/C11H18O3S2/c12-10(13)2-5-16-9-1-4-14-11(7-9)3-6-15-8-11/h9H,1-8H2,(H,12,13). The molecular formula is C11H18O3S2. The Hall–Kier alpha value is 0.130. The molecule has 0 bridgehead atoms. The van der Waals surface area contributed by atoms with Crippen molar-refractivity contribution >= 4 is 29.5 Å². The van der Waals surface area contributed by atoms with Gasteiger partial charge < -0.3 is 9.84 Å². The maximum Gasteiger partial charge on any atom is 0.304 e. The second kappa shape index (κ2) is 5.65. The van der Waals surface area contributed by atoms with E-state index in [0.29, 0.717) is 5.25 Å². The Labute approximate surface area is 105 Å². The van der Waals surface area contributed by atoms with Crippen molar-refractivity contribution in [3.05, 3.63) is 0 Å². The number of carbonyl (C=O) groups is 1. The Morgan fingerprint density at radius 3 is 3.19 bits per heavy atom. The molecule has 5 heteroatoms. The van der Waals surface area contributed by atoms with E-state index in [4.69, 9.17) is 9.84 Å². The van der Waals surface area contributed by atoms with Crippen molar-refractivity contribution in [2.24, 2.45) is 0 Å². The molecule has 2 atom stereocenters. The third-order valence-electron chi connectivity index (χ3n) is 3.18. The van der Waals surface area contributed by atoms with E-state index < -0.39 is 5.97 Å². The summed E-state index contributed by atoms with van der Waals surface area (Å²) < 4.78 is 5.93. The van der Waals surface area contributed by atoms with Crippen molar-refractivity contribution in [2.75, 3.05) is 23.9 Å². The molecule has 1 spiro atoms. The fourth-order valence-corrected chi connectivity index (χ4v) is 4.99. The van der Waals surface area contributed by atoms with Gasteiger partial charge in [-0.1, -0.05) is 0 Å². The molecule has 0 radical (unpaired) electrons. The molecule has 2 aliphatic rings. The quantitative estimate of drug-likeness (QED) is 0.842. The second-order valence-electron chi connectivity index (χ2n) is 4.46. The highest BCUT2D eigenvalue weighted by Crippen LogP contribution is 2.41. The molecule has 2 fully saturated rings. The number of carboxylic acid groups (broad SMARTS) is 1. The van der Waals surface area contributed by atoms with E-state index in [1.165, 1.54) is 12.2 Å². The van der Waals surface area contributed by atoms with Gasteiger partial charge in [-0.25, -0.2) is 0 Å². The molecule has 16 heavy (non-hydrogen) atoms. The van der Waals surface area contributed by atoms with E-state index >= 15 is 0 Å². The van der Waals surface area contributed by atoms with Crippen molar-refractivity contribution in [2.45, 2.75) is 36.5 Å². The zero-order chi connectivity index (χ0) is 11.4. The van der Waals surface area contributed by atoms with Gasteiger partial charge in [0.15, 0.2) is 0 Å². The van der Waals surface area contributed by atoms with E-state index in [-0.39, 0.29) is 12.0 Å². The van der Waals surface area contributed by atoms with Crippen LogP contribution in [0.4, 0.5) is 0 Å². The highest BCUT2D eigenvalue weighted by Gasteiger charge is 2.40. The van der Waals surface area contributed by atoms with Gasteiger partial charge in [0, 0.05) is 23.4 Å². The zero-order valence-corrected chi connectivity index (χ0v) is 10.9. The Morgan fingerprint density at radius 1 is 1.62 bits per heavy atom. The monoisotopic (exact) mass is 262 g/mol. The van der Waals surface area contributed by atoms with Crippen molar-refractivity contribution in [1.29, 1.82) is 0 Å². The van der Waals surface area contributed by atoms with E-state index in [9.17, 15) is 4.79 Å². The highest BCUT2D eigenvalue weighted by molar-refractivity contribution is 8.00. The summed E-state index contributed by atoms with van der Waals surface area (Å²) in [5, 5.41) is 9.21.